The van der Waals surface area contributed by atoms with Gasteiger partial charge in [-0.1, -0.05) is 57.2 Å². The topological polar surface area (TPSA) is 151 Å². The highest BCUT2D eigenvalue weighted by Gasteiger charge is 2.44. The third-order valence-corrected chi connectivity index (χ3v) is 6.80. The van der Waals surface area contributed by atoms with E-state index in [2.05, 4.69) is 10.6 Å². The van der Waals surface area contributed by atoms with E-state index < -0.39 is 47.4 Å². The van der Waals surface area contributed by atoms with Gasteiger partial charge in [-0.05, 0) is 34.2 Å². The van der Waals surface area contributed by atoms with Gasteiger partial charge < -0.3 is 31.1 Å². The molecule has 5 N–H and O–H groups in total. The molecule has 0 radical (unpaired) electrons. The molecule has 10 nitrogen and oxygen atoms in total. The summed E-state index contributed by atoms with van der Waals surface area (Å²) in [4.78, 5) is 52.0. The Morgan fingerprint density at radius 1 is 1.03 bits per heavy atom. The van der Waals surface area contributed by atoms with Crippen molar-refractivity contribution in [2.24, 2.45) is 11.1 Å². The molecule has 0 unspecified atom stereocenters. The van der Waals surface area contributed by atoms with E-state index >= 15 is 0 Å². The van der Waals surface area contributed by atoms with Crippen LogP contribution in [0.5, 0.6) is 5.75 Å². The van der Waals surface area contributed by atoms with Crippen molar-refractivity contribution < 1.29 is 29.0 Å². The number of ether oxygens (including phenoxy) is 1. The number of hydrogen-bond acceptors (Lipinski definition) is 6. The Labute approximate surface area is 228 Å². The summed E-state index contributed by atoms with van der Waals surface area (Å²) >= 11 is 0. The predicted octanol–water partition coefficient (Wildman–Crippen LogP) is 1.39. The lowest BCUT2D eigenvalue weighted by Gasteiger charge is -2.35. The molecule has 1 aliphatic heterocycles. The number of rotatable bonds is 9. The van der Waals surface area contributed by atoms with E-state index in [0.717, 1.165) is 22.4 Å². The SMILES string of the molecule is COc1ccc(-c2ccc(C[C@@H](NC(=O)[C@@H]3C[C@@H](O)CN3C(=O)[C@@H](NC(C)=O)C(C)(C)C)C(N)=O)cc2)cc1. The summed E-state index contributed by atoms with van der Waals surface area (Å²) in [5.74, 6) is -1.40. The molecule has 0 aromatic heterocycles. The Morgan fingerprint density at radius 2 is 1.59 bits per heavy atom. The number of carbonyl (C=O) groups is 4. The Kier molecular flexibility index (Phi) is 9.34. The summed E-state index contributed by atoms with van der Waals surface area (Å²) in [6.45, 7) is 6.66. The third-order valence-electron chi connectivity index (χ3n) is 6.80. The fourth-order valence-corrected chi connectivity index (χ4v) is 4.67. The molecular weight excluding hydrogens is 500 g/mol. The van der Waals surface area contributed by atoms with E-state index in [0.29, 0.717) is 0 Å². The molecule has 0 spiro atoms. The summed E-state index contributed by atoms with van der Waals surface area (Å²) in [6, 6.07) is 12.3. The van der Waals surface area contributed by atoms with Gasteiger partial charge in [0.2, 0.25) is 23.6 Å². The first-order valence-electron chi connectivity index (χ1n) is 12.9. The molecular formula is C29H38N4O6. The number of aliphatic hydroxyl groups excluding tert-OH is 1. The number of carbonyl (C=O) groups excluding carboxylic acids is 4. The van der Waals surface area contributed by atoms with Gasteiger partial charge in [-0.3, -0.25) is 19.2 Å². The van der Waals surface area contributed by atoms with Gasteiger partial charge >= 0.3 is 0 Å². The number of β-amino-alcohol motifs (C(OH)–C–C–N with tert-alkyl or cyclic N) is 1. The number of primary amides is 1. The molecule has 3 rings (SSSR count). The van der Waals surface area contributed by atoms with Crippen molar-refractivity contribution in [2.45, 2.75) is 64.8 Å². The van der Waals surface area contributed by atoms with Gasteiger partial charge in [0.05, 0.1) is 13.2 Å². The van der Waals surface area contributed by atoms with Crippen LogP contribution < -0.4 is 21.1 Å². The van der Waals surface area contributed by atoms with Crippen molar-refractivity contribution >= 4 is 23.6 Å². The Hall–Kier alpha value is -3.92. The van der Waals surface area contributed by atoms with Crippen LogP contribution in [0.4, 0.5) is 0 Å². The van der Waals surface area contributed by atoms with Crippen LogP contribution in [0.3, 0.4) is 0 Å². The molecule has 0 saturated carbocycles. The first-order chi connectivity index (χ1) is 18.3. The second-order valence-electron chi connectivity index (χ2n) is 11.0. The zero-order valence-electron chi connectivity index (χ0n) is 23.1. The van der Waals surface area contributed by atoms with E-state index in [4.69, 9.17) is 10.5 Å². The maximum Gasteiger partial charge on any atom is 0.246 e. The summed E-state index contributed by atoms with van der Waals surface area (Å²) < 4.78 is 5.20. The normalized spacial score (nSPS) is 18.7. The largest absolute Gasteiger partial charge is 0.497 e. The predicted molar refractivity (Wildman–Crippen MR) is 146 cm³/mol. The average Bonchev–Trinajstić information content (AvgIpc) is 3.28. The highest BCUT2D eigenvalue weighted by atomic mass is 16.5. The van der Waals surface area contributed by atoms with Crippen molar-refractivity contribution in [3.63, 3.8) is 0 Å². The van der Waals surface area contributed by atoms with Crippen LogP contribution in [-0.2, 0) is 25.6 Å². The van der Waals surface area contributed by atoms with Crippen molar-refractivity contribution in [2.75, 3.05) is 13.7 Å². The van der Waals surface area contributed by atoms with Crippen LogP contribution in [-0.4, -0.2) is 71.5 Å². The fraction of sp³-hybridized carbons (Fsp3) is 0.448. The van der Waals surface area contributed by atoms with Gasteiger partial charge in [0.25, 0.3) is 0 Å². The number of amides is 4. The molecule has 2 aromatic rings. The molecule has 210 valence electrons. The van der Waals surface area contributed by atoms with Crippen molar-refractivity contribution in [3.8, 4) is 16.9 Å². The highest BCUT2D eigenvalue weighted by molar-refractivity contribution is 5.94. The fourth-order valence-electron chi connectivity index (χ4n) is 4.67. The van der Waals surface area contributed by atoms with Crippen LogP contribution in [0.25, 0.3) is 11.1 Å². The summed E-state index contributed by atoms with van der Waals surface area (Å²) in [5, 5.41) is 15.6. The molecule has 0 aliphatic carbocycles. The van der Waals surface area contributed by atoms with Crippen LogP contribution in [0.1, 0.15) is 39.7 Å². The number of nitrogens with two attached hydrogens (primary N) is 1. The number of likely N-dealkylation sites (tertiary alicyclic amines) is 1. The number of nitrogens with zero attached hydrogens (tertiary/aromatic N) is 1. The smallest absolute Gasteiger partial charge is 0.246 e. The molecule has 39 heavy (non-hydrogen) atoms. The van der Waals surface area contributed by atoms with Gasteiger partial charge in [0, 0.05) is 26.3 Å². The van der Waals surface area contributed by atoms with Crippen LogP contribution in [0.15, 0.2) is 48.5 Å². The number of aliphatic hydroxyl groups is 1. The van der Waals surface area contributed by atoms with Gasteiger partial charge in [0.1, 0.15) is 23.9 Å². The van der Waals surface area contributed by atoms with Gasteiger partial charge in [0.15, 0.2) is 0 Å². The highest BCUT2D eigenvalue weighted by Crippen LogP contribution is 2.27. The van der Waals surface area contributed by atoms with Crippen molar-refractivity contribution in [3.05, 3.63) is 54.1 Å². The third kappa shape index (κ3) is 7.57. The lowest BCUT2D eigenvalue weighted by atomic mass is 9.85. The molecule has 1 aliphatic rings. The molecule has 1 saturated heterocycles. The minimum atomic E-state index is -1.02. The maximum absolute atomic E-state index is 13.4. The summed E-state index contributed by atoms with van der Waals surface area (Å²) in [5.41, 5.74) is 7.75. The molecule has 2 aromatic carbocycles. The van der Waals surface area contributed by atoms with E-state index in [1.807, 2.05) is 48.5 Å². The Morgan fingerprint density at radius 3 is 2.08 bits per heavy atom. The van der Waals surface area contributed by atoms with E-state index in [1.54, 1.807) is 27.9 Å². The first kappa shape index (κ1) is 29.6. The second kappa shape index (κ2) is 12.3. The molecule has 4 amide bonds. The number of nitrogens with one attached hydrogen (secondary N) is 2. The Bertz CT molecular complexity index is 1190. The van der Waals surface area contributed by atoms with Gasteiger partial charge in [-0.2, -0.15) is 0 Å². The zero-order valence-corrected chi connectivity index (χ0v) is 23.1. The Balaban J connectivity index is 1.73. The monoisotopic (exact) mass is 538 g/mol. The molecule has 0 bridgehead atoms. The van der Waals surface area contributed by atoms with Crippen molar-refractivity contribution in [1.82, 2.24) is 15.5 Å². The van der Waals surface area contributed by atoms with E-state index in [9.17, 15) is 24.3 Å². The molecule has 10 heteroatoms. The minimum Gasteiger partial charge on any atom is -0.497 e. The number of hydrogen-bond donors (Lipinski definition) is 4. The van der Waals surface area contributed by atoms with Crippen LogP contribution >= 0.6 is 0 Å². The minimum absolute atomic E-state index is 0.0105. The first-order valence-corrected chi connectivity index (χ1v) is 12.9. The quantitative estimate of drug-likeness (QED) is 0.379. The van der Waals surface area contributed by atoms with Gasteiger partial charge in [-0.25, -0.2) is 0 Å². The zero-order chi connectivity index (χ0) is 28.9. The standard InChI is InChI=1S/C29H38N4O6/c1-17(34)31-25(29(2,3)4)28(38)33-16-21(35)15-24(33)27(37)32-23(26(30)36)14-18-6-8-19(9-7-18)20-10-12-22(39-5)13-11-20/h6-13,21,23-25,35H,14-16H2,1-5H3,(H2,30,36)(H,31,34)(H,32,37)/t21-,23-,24+,25-/m1/s1. The molecule has 1 fully saturated rings. The van der Waals surface area contributed by atoms with Gasteiger partial charge in [-0.15, -0.1) is 0 Å². The number of benzene rings is 2. The lowest BCUT2D eigenvalue weighted by Crippen LogP contribution is -2.58. The average molecular weight is 539 g/mol. The van der Waals surface area contributed by atoms with E-state index in [-0.39, 0.29) is 25.3 Å². The van der Waals surface area contributed by atoms with E-state index in [1.165, 1.54) is 11.8 Å². The molecule has 1 heterocycles. The van der Waals surface area contributed by atoms with Crippen molar-refractivity contribution in [1.29, 1.82) is 0 Å². The van der Waals surface area contributed by atoms with Crippen LogP contribution in [0, 0.1) is 5.41 Å². The summed E-state index contributed by atoms with van der Waals surface area (Å²) in [7, 11) is 1.61. The molecule has 4 atom stereocenters. The maximum atomic E-state index is 13.4. The second-order valence-corrected chi connectivity index (χ2v) is 11.0. The van der Waals surface area contributed by atoms with Crippen LogP contribution in [0.2, 0.25) is 0 Å². The lowest BCUT2D eigenvalue weighted by molar-refractivity contribution is -0.144. The summed E-state index contributed by atoms with van der Waals surface area (Å²) in [6.07, 6.45) is -0.750. The number of methoxy groups -OCH3 is 1.